The Morgan fingerprint density at radius 3 is 2.42 bits per heavy atom. The number of carbonyl (C=O) groups excluding carboxylic acids is 1. The van der Waals surface area contributed by atoms with Gasteiger partial charge in [0.25, 0.3) is 0 Å². The Morgan fingerprint density at radius 2 is 1.75 bits per heavy atom. The van der Waals surface area contributed by atoms with Gasteiger partial charge in [0.15, 0.2) is 9.84 Å². The summed E-state index contributed by atoms with van der Waals surface area (Å²) in [5.74, 6) is 0.605. The Bertz CT molecular complexity index is 681. The van der Waals surface area contributed by atoms with Crippen molar-refractivity contribution in [3.8, 4) is 0 Å². The highest BCUT2D eigenvalue weighted by Crippen LogP contribution is 2.29. The number of likely N-dealkylation sites (tertiary alicyclic amines) is 1. The number of nitrogens with zero attached hydrogens (tertiary/aromatic N) is 1. The van der Waals surface area contributed by atoms with Gasteiger partial charge < -0.3 is 4.90 Å². The highest BCUT2D eigenvalue weighted by molar-refractivity contribution is 7.92. The van der Waals surface area contributed by atoms with Crippen LogP contribution in [0.2, 0.25) is 5.02 Å². The fourth-order valence-electron chi connectivity index (χ4n) is 3.79. The van der Waals surface area contributed by atoms with Crippen molar-refractivity contribution >= 4 is 27.3 Å². The zero-order valence-electron chi connectivity index (χ0n) is 13.8. The highest BCUT2D eigenvalue weighted by Gasteiger charge is 2.36. The van der Waals surface area contributed by atoms with Crippen LogP contribution in [0.5, 0.6) is 0 Å². The second-order valence-electron chi connectivity index (χ2n) is 6.96. The van der Waals surface area contributed by atoms with Crippen LogP contribution in [0.3, 0.4) is 0 Å². The van der Waals surface area contributed by atoms with Crippen LogP contribution in [0, 0.1) is 5.92 Å². The van der Waals surface area contributed by atoms with Crippen molar-refractivity contribution in [3.05, 3.63) is 29.3 Å². The molecule has 1 aromatic rings. The first-order chi connectivity index (χ1) is 11.5. The second-order valence-corrected chi connectivity index (χ2v) is 9.62. The van der Waals surface area contributed by atoms with Crippen molar-refractivity contribution in [2.75, 3.05) is 13.1 Å². The molecule has 1 saturated carbocycles. The molecule has 1 aromatic carbocycles. The summed E-state index contributed by atoms with van der Waals surface area (Å²) in [4.78, 5) is 14.5. The van der Waals surface area contributed by atoms with Crippen LogP contribution >= 0.6 is 11.6 Å². The van der Waals surface area contributed by atoms with Crippen molar-refractivity contribution < 1.29 is 13.2 Å². The van der Waals surface area contributed by atoms with Gasteiger partial charge in [0.1, 0.15) is 0 Å². The molecule has 1 heterocycles. The minimum atomic E-state index is -3.41. The third-order valence-corrected chi connectivity index (χ3v) is 7.71. The normalized spacial score (nSPS) is 22.7. The molecule has 0 bridgehead atoms. The van der Waals surface area contributed by atoms with E-state index in [9.17, 15) is 13.2 Å². The summed E-state index contributed by atoms with van der Waals surface area (Å²) in [5, 5.41) is 0.0126. The number of benzene rings is 1. The smallest absolute Gasteiger partial charge is 0.222 e. The quantitative estimate of drug-likeness (QED) is 0.813. The lowest BCUT2D eigenvalue weighted by Gasteiger charge is -2.24. The maximum atomic E-state index is 12.7. The topological polar surface area (TPSA) is 54.5 Å². The number of hydrogen-bond acceptors (Lipinski definition) is 3. The molecule has 3 rings (SSSR count). The highest BCUT2D eigenvalue weighted by atomic mass is 35.5. The molecule has 1 unspecified atom stereocenters. The van der Waals surface area contributed by atoms with Crippen molar-refractivity contribution in [2.45, 2.75) is 55.1 Å². The number of carbonyl (C=O) groups is 1. The third-order valence-electron chi connectivity index (χ3n) is 5.27. The van der Waals surface area contributed by atoms with E-state index in [0.29, 0.717) is 41.8 Å². The number of sulfone groups is 1. The van der Waals surface area contributed by atoms with Gasteiger partial charge in [-0.2, -0.15) is 0 Å². The molecule has 0 spiro atoms. The fraction of sp³-hybridized carbons (Fsp3) is 0.611. The minimum absolute atomic E-state index is 0.121. The Morgan fingerprint density at radius 1 is 1.08 bits per heavy atom. The lowest BCUT2D eigenvalue weighted by Crippen LogP contribution is -2.33. The molecule has 24 heavy (non-hydrogen) atoms. The first-order valence-electron chi connectivity index (χ1n) is 8.74. The van der Waals surface area contributed by atoms with Crippen LogP contribution in [0.1, 0.15) is 44.9 Å². The van der Waals surface area contributed by atoms with Crippen LogP contribution in [0.25, 0.3) is 0 Å². The van der Waals surface area contributed by atoms with E-state index in [1.165, 1.54) is 19.3 Å². The molecule has 2 aliphatic rings. The summed E-state index contributed by atoms with van der Waals surface area (Å²) in [6, 6.07) is 6.28. The van der Waals surface area contributed by atoms with Gasteiger partial charge in [-0.3, -0.25) is 4.79 Å². The van der Waals surface area contributed by atoms with E-state index in [1.54, 1.807) is 29.2 Å². The summed E-state index contributed by atoms with van der Waals surface area (Å²) in [6.45, 7) is 0.861. The van der Waals surface area contributed by atoms with E-state index in [0.717, 1.165) is 12.8 Å². The molecule has 1 amide bonds. The van der Waals surface area contributed by atoms with E-state index >= 15 is 0 Å². The molecular weight excluding hydrogens is 346 g/mol. The molecule has 132 valence electrons. The van der Waals surface area contributed by atoms with Crippen molar-refractivity contribution in [1.82, 2.24) is 4.90 Å². The van der Waals surface area contributed by atoms with Crippen LogP contribution in [0.15, 0.2) is 29.2 Å². The fourth-order valence-corrected chi connectivity index (χ4v) is 5.61. The van der Waals surface area contributed by atoms with Gasteiger partial charge in [-0.25, -0.2) is 8.42 Å². The summed E-state index contributed by atoms with van der Waals surface area (Å²) >= 11 is 5.83. The third kappa shape index (κ3) is 3.94. The molecule has 1 saturated heterocycles. The molecule has 4 nitrogen and oxygen atoms in total. The lowest BCUT2D eigenvalue weighted by molar-refractivity contribution is -0.131. The van der Waals surface area contributed by atoms with Crippen molar-refractivity contribution in [3.63, 3.8) is 0 Å². The molecule has 6 heteroatoms. The van der Waals surface area contributed by atoms with Crippen LogP contribution in [-0.2, 0) is 14.6 Å². The van der Waals surface area contributed by atoms with Crippen molar-refractivity contribution in [1.29, 1.82) is 0 Å². The molecule has 0 aromatic heterocycles. The molecular formula is C18H24ClNO3S. The Hall–Kier alpha value is -1.07. The zero-order valence-corrected chi connectivity index (χ0v) is 15.4. The SMILES string of the molecule is O=C(CC1CCCCC1)N1CCC(S(=O)(=O)c2ccc(Cl)cc2)C1. The van der Waals surface area contributed by atoms with Gasteiger partial charge in [-0.15, -0.1) is 0 Å². The number of rotatable bonds is 4. The summed E-state index contributed by atoms with van der Waals surface area (Å²) in [7, 11) is -3.41. The van der Waals surface area contributed by atoms with Gasteiger partial charge in [-0.1, -0.05) is 30.9 Å². The molecule has 2 fully saturated rings. The zero-order chi connectivity index (χ0) is 17.2. The van der Waals surface area contributed by atoms with Crippen LogP contribution in [-0.4, -0.2) is 37.6 Å². The van der Waals surface area contributed by atoms with Gasteiger partial charge in [0, 0.05) is 24.5 Å². The maximum Gasteiger partial charge on any atom is 0.222 e. The van der Waals surface area contributed by atoms with Gasteiger partial charge >= 0.3 is 0 Å². The van der Waals surface area contributed by atoms with E-state index in [2.05, 4.69) is 0 Å². The van der Waals surface area contributed by atoms with Crippen LogP contribution < -0.4 is 0 Å². The van der Waals surface area contributed by atoms with Crippen LogP contribution in [0.4, 0.5) is 0 Å². The van der Waals surface area contributed by atoms with E-state index in [-0.39, 0.29) is 5.91 Å². The number of halogens is 1. The predicted molar refractivity (Wildman–Crippen MR) is 94.8 cm³/mol. The largest absolute Gasteiger partial charge is 0.341 e. The second kappa shape index (κ2) is 7.44. The lowest BCUT2D eigenvalue weighted by atomic mass is 9.87. The minimum Gasteiger partial charge on any atom is -0.341 e. The number of amides is 1. The van der Waals surface area contributed by atoms with Gasteiger partial charge in [0.05, 0.1) is 10.1 Å². The molecule has 0 N–H and O–H groups in total. The first-order valence-corrected chi connectivity index (χ1v) is 10.7. The van der Waals surface area contributed by atoms with E-state index in [4.69, 9.17) is 11.6 Å². The monoisotopic (exact) mass is 369 g/mol. The summed E-state index contributed by atoms with van der Waals surface area (Å²) in [6.07, 6.45) is 7.06. The maximum absolute atomic E-state index is 12.7. The average Bonchev–Trinajstić information content (AvgIpc) is 3.07. The average molecular weight is 370 g/mol. The van der Waals surface area contributed by atoms with Gasteiger partial charge in [0.2, 0.25) is 5.91 Å². The Balaban J connectivity index is 1.61. The summed E-state index contributed by atoms with van der Waals surface area (Å²) < 4.78 is 25.4. The number of hydrogen-bond donors (Lipinski definition) is 0. The van der Waals surface area contributed by atoms with Crippen molar-refractivity contribution in [2.24, 2.45) is 5.92 Å². The predicted octanol–water partition coefficient (Wildman–Crippen LogP) is 3.69. The molecule has 1 aliphatic carbocycles. The van der Waals surface area contributed by atoms with E-state index in [1.807, 2.05) is 0 Å². The van der Waals surface area contributed by atoms with Gasteiger partial charge in [-0.05, 0) is 49.4 Å². The molecule has 0 radical (unpaired) electrons. The Kier molecular flexibility index (Phi) is 5.50. The Labute approximate surface area is 149 Å². The molecule has 1 aliphatic heterocycles. The molecule has 1 atom stereocenters. The standard InChI is InChI=1S/C18H24ClNO3S/c19-15-6-8-16(9-7-15)24(22,23)17-10-11-20(13-17)18(21)12-14-4-2-1-3-5-14/h6-9,14,17H,1-5,10-13H2. The van der Waals surface area contributed by atoms with E-state index < -0.39 is 15.1 Å². The first kappa shape index (κ1) is 17.7. The summed E-state index contributed by atoms with van der Waals surface area (Å²) in [5.41, 5.74) is 0.